The van der Waals surface area contributed by atoms with Crippen molar-refractivity contribution in [3.63, 3.8) is 0 Å². The highest BCUT2D eigenvalue weighted by atomic mass is 16.5. The molecule has 110 valence electrons. The minimum absolute atomic E-state index is 0.0175. The average Bonchev–Trinajstić information content (AvgIpc) is 2.48. The van der Waals surface area contributed by atoms with Gasteiger partial charge in [-0.3, -0.25) is 4.79 Å². The molecule has 2 N–H and O–H groups in total. The Labute approximate surface area is 120 Å². The van der Waals surface area contributed by atoms with Crippen molar-refractivity contribution >= 4 is 5.91 Å². The molecule has 1 aliphatic rings. The summed E-state index contributed by atoms with van der Waals surface area (Å²) in [5.41, 5.74) is 6.52. The van der Waals surface area contributed by atoms with E-state index in [0.29, 0.717) is 13.1 Å². The summed E-state index contributed by atoms with van der Waals surface area (Å²) in [7, 11) is 1.65. The predicted octanol–water partition coefficient (Wildman–Crippen LogP) is 1.54. The van der Waals surface area contributed by atoms with Crippen molar-refractivity contribution in [1.82, 2.24) is 4.90 Å². The molecule has 0 spiro atoms. The monoisotopic (exact) mass is 276 g/mol. The summed E-state index contributed by atoms with van der Waals surface area (Å²) < 4.78 is 5.38. The number of likely N-dealkylation sites (tertiary alicyclic amines) is 1. The van der Waals surface area contributed by atoms with Crippen molar-refractivity contribution in [3.8, 4) is 0 Å². The van der Waals surface area contributed by atoms with E-state index in [9.17, 15) is 4.79 Å². The zero-order valence-corrected chi connectivity index (χ0v) is 12.5. The lowest BCUT2D eigenvalue weighted by atomic mass is 9.82. The Hall–Kier alpha value is -1.39. The Morgan fingerprint density at radius 1 is 1.35 bits per heavy atom. The standard InChI is InChI=1S/C16H24N2O2/c1-16(2,12-7-5-4-6-8-12)15(19)18-10-9-13(17)14(11-18)20-3/h4-8,13-14H,9-11,17H2,1-3H3/t13-,14+/m1/s1. The first-order chi connectivity index (χ1) is 9.46. The number of piperidine rings is 1. The Morgan fingerprint density at radius 3 is 2.60 bits per heavy atom. The van der Waals surface area contributed by atoms with Crippen LogP contribution in [0.25, 0.3) is 0 Å². The second kappa shape index (κ2) is 5.94. The maximum atomic E-state index is 12.8. The highest BCUT2D eigenvalue weighted by molar-refractivity contribution is 5.87. The van der Waals surface area contributed by atoms with E-state index in [-0.39, 0.29) is 18.1 Å². The zero-order valence-electron chi connectivity index (χ0n) is 12.5. The number of rotatable bonds is 3. The van der Waals surface area contributed by atoms with Crippen molar-refractivity contribution < 1.29 is 9.53 Å². The maximum absolute atomic E-state index is 12.8. The van der Waals surface area contributed by atoms with E-state index in [1.165, 1.54) is 0 Å². The van der Waals surface area contributed by atoms with Gasteiger partial charge < -0.3 is 15.4 Å². The molecule has 1 fully saturated rings. The first-order valence-electron chi connectivity index (χ1n) is 7.10. The third-order valence-corrected chi connectivity index (χ3v) is 4.23. The van der Waals surface area contributed by atoms with Crippen LogP contribution in [0, 0.1) is 0 Å². The highest BCUT2D eigenvalue weighted by Crippen LogP contribution is 2.27. The SMILES string of the molecule is CO[C@H]1CN(C(=O)C(C)(C)c2ccccc2)CC[C@H]1N. The van der Waals surface area contributed by atoms with Gasteiger partial charge in [-0.25, -0.2) is 0 Å². The molecule has 20 heavy (non-hydrogen) atoms. The molecule has 1 amide bonds. The lowest BCUT2D eigenvalue weighted by Gasteiger charge is -2.39. The second-order valence-electron chi connectivity index (χ2n) is 5.97. The van der Waals surface area contributed by atoms with Crippen LogP contribution in [-0.2, 0) is 14.9 Å². The van der Waals surface area contributed by atoms with E-state index in [1.54, 1.807) is 7.11 Å². The van der Waals surface area contributed by atoms with Gasteiger partial charge in [-0.1, -0.05) is 30.3 Å². The van der Waals surface area contributed by atoms with Crippen LogP contribution >= 0.6 is 0 Å². The van der Waals surface area contributed by atoms with Crippen molar-refractivity contribution in [3.05, 3.63) is 35.9 Å². The molecule has 1 aromatic carbocycles. The molecule has 0 aliphatic carbocycles. The molecule has 0 aromatic heterocycles. The zero-order chi connectivity index (χ0) is 14.8. The summed E-state index contributed by atoms with van der Waals surface area (Å²) in [6.45, 7) is 5.23. The van der Waals surface area contributed by atoms with Gasteiger partial charge in [-0.15, -0.1) is 0 Å². The van der Waals surface area contributed by atoms with Crippen LogP contribution in [-0.4, -0.2) is 43.2 Å². The number of carbonyl (C=O) groups excluding carboxylic acids is 1. The van der Waals surface area contributed by atoms with E-state index in [2.05, 4.69) is 0 Å². The number of benzene rings is 1. The number of nitrogens with zero attached hydrogens (tertiary/aromatic N) is 1. The largest absolute Gasteiger partial charge is 0.378 e. The molecule has 1 aromatic rings. The van der Waals surface area contributed by atoms with Gasteiger partial charge >= 0.3 is 0 Å². The summed E-state index contributed by atoms with van der Waals surface area (Å²) >= 11 is 0. The van der Waals surface area contributed by atoms with Crippen LogP contribution in [0.15, 0.2) is 30.3 Å². The molecule has 0 unspecified atom stereocenters. The van der Waals surface area contributed by atoms with E-state index in [0.717, 1.165) is 12.0 Å². The van der Waals surface area contributed by atoms with E-state index < -0.39 is 5.41 Å². The van der Waals surface area contributed by atoms with Crippen LogP contribution < -0.4 is 5.73 Å². The van der Waals surface area contributed by atoms with Crippen LogP contribution in [0.5, 0.6) is 0 Å². The van der Waals surface area contributed by atoms with Crippen molar-refractivity contribution in [2.24, 2.45) is 5.73 Å². The first-order valence-corrected chi connectivity index (χ1v) is 7.10. The van der Waals surface area contributed by atoms with Gasteiger partial charge in [-0.2, -0.15) is 0 Å². The molecule has 0 bridgehead atoms. The normalized spacial score (nSPS) is 23.7. The number of hydrogen-bond donors (Lipinski definition) is 1. The van der Waals surface area contributed by atoms with Gasteiger partial charge in [0, 0.05) is 26.2 Å². The van der Waals surface area contributed by atoms with Gasteiger partial charge in [0.1, 0.15) is 0 Å². The molecular weight excluding hydrogens is 252 g/mol. The summed E-state index contributed by atoms with van der Waals surface area (Å²) in [5.74, 6) is 0.137. The van der Waals surface area contributed by atoms with Crippen molar-refractivity contribution in [1.29, 1.82) is 0 Å². The van der Waals surface area contributed by atoms with Crippen LogP contribution in [0.3, 0.4) is 0 Å². The molecular formula is C16H24N2O2. The average molecular weight is 276 g/mol. The quantitative estimate of drug-likeness (QED) is 0.911. The van der Waals surface area contributed by atoms with Crippen molar-refractivity contribution in [2.45, 2.75) is 37.8 Å². The fourth-order valence-electron chi connectivity index (χ4n) is 2.74. The molecule has 1 aliphatic heterocycles. The Balaban J connectivity index is 2.15. The summed E-state index contributed by atoms with van der Waals surface area (Å²) in [4.78, 5) is 14.7. The summed E-state index contributed by atoms with van der Waals surface area (Å²) in [6, 6.07) is 9.92. The molecule has 0 saturated carbocycles. The predicted molar refractivity (Wildman–Crippen MR) is 79.4 cm³/mol. The Morgan fingerprint density at radius 2 is 2.00 bits per heavy atom. The third kappa shape index (κ3) is 2.86. The fraction of sp³-hybridized carbons (Fsp3) is 0.562. The van der Waals surface area contributed by atoms with Crippen LogP contribution in [0.1, 0.15) is 25.8 Å². The first kappa shape index (κ1) is 15.0. The van der Waals surface area contributed by atoms with Gasteiger partial charge in [0.05, 0.1) is 11.5 Å². The van der Waals surface area contributed by atoms with Gasteiger partial charge in [0.15, 0.2) is 0 Å². The molecule has 2 rings (SSSR count). The molecule has 4 nitrogen and oxygen atoms in total. The summed E-state index contributed by atoms with van der Waals surface area (Å²) in [5, 5.41) is 0. The van der Waals surface area contributed by atoms with Crippen molar-refractivity contribution in [2.75, 3.05) is 20.2 Å². The number of nitrogens with two attached hydrogens (primary N) is 1. The van der Waals surface area contributed by atoms with Crippen LogP contribution in [0.4, 0.5) is 0 Å². The number of methoxy groups -OCH3 is 1. The fourth-order valence-corrected chi connectivity index (χ4v) is 2.74. The lowest BCUT2D eigenvalue weighted by Crippen LogP contribution is -2.56. The number of carbonyl (C=O) groups is 1. The number of ether oxygens (including phenoxy) is 1. The van der Waals surface area contributed by atoms with Gasteiger partial charge in [-0.05, 0) is 25.8 Å². The summed E-state index contributed by atoms with van der Waals surface area (Å²) in [6.07, 6.45) is 0.717. The Bertz CT molecular complexity index is 459. The minimum Gasteiger partial charge on any atom is -0.378 e. The third-order valence-electron chi connectivity index (χ3n) is 4.23. The molecule has 2 atom stereocenters. The Kier molecular flexibility index (Phi) is 4.45. The number of hydrogen-bond acceptors (Lipinski definition) is 3. The van der Waals surface area contributed by atoms with Crippen LogP contribution in [0.2, 0.25) is 0 Å². The maximum Gasteiger partial charge on any atom is 0.232 e. The topological polar surface area (TPSA) is 55.6 Å². The second-order valence-corrected chi connectivity index (χ2v) is 5.97. The van der Waals surface area contributed by atoms with E-state index in [1.807, 2.05) is 49.1 Å². The molecule has 1 heterocycles. The smallest absolute Gasteiger partial charge is 0.232 e. The van der Waals surface area contributed by atoms with Gasteiger partial charge in [0.2, 0.25) is 5.91 Å². The highest BCUT2D eigenvalue weighted by Gasteiger charge is 2.37. The van der Waals surface area contributed by atoms with E-state index in [4.69, 9.17) is 10.5 Å². The molecule has 4 heteroatoms. The minimum atomic E-state index is -0.527. The number of amides is 1. The molecule has 1 saturated heterocycles. The molecule has 0 radical (unpaired) electrons. The lowest BCUT2D eigenvalue weighted by molar-refractivity contribution is -0.140. The van der Waals surface area contributed by atoms with E-state index >= 15 is 0 Å². The van der Waals surface area contributed by atoms with Gasteiger partial charge in [0.25, 0.3) is 0 Å².